The highest BCUT2D eigenvalue weighted by Gasteiger charge is 2.12. The lowest BCUT2D eigenvalue weighted by atomic mass is 9.96. The van der Waals surface area contributed by atoms with Crippen LogP contribution < -0.4 is 9.47 Å². The number of benzene rings is 2. The first kappa shape index (κ1) is 17.1. The monoisotopic (exact) mass is 320 g/mol. The Hall–Kier alpha value is -3.28. The topological polar surface area (TPSA) is 75.3 Å². The normalized spacial score (nSPS) is 11.0. The van der Waals surface area contributed by atoms with Crippen LogP contribution in [0.2, 0.25) is 0 Å². The summed E-state index contributed by atoms with van der Waals surface area (Å²) in [5.41, 5.74) is 1.93. The van der Waals surface area contributed by atoms with Crippen LogP contribution in [-0.2, 0) is 4.74 Å². The Morgan fingerprint density at radius 1 is 0.792 bits per heavy atom. The maximum Gasteiger partial charge on any atom is 0.188 e. The number of hydrogen-bond acceptors (Lipinski definition) is 5. The Labute approximate surface area is 140 Å². The average Bonchev–Trinajstić information content (AvgIpc) is 2.65. The summed E-state index contributed by atoms with van der Waals surface area (Å²) < 4.78 is 15.3. The third-order valence-corrected chi connectivity index (χ3v) is 3.34. The third-order valence-electron chi connectivity index (χ3n) is 3.34. The van der Waals surface area contributed by atoms with Crippen LogP contribution >= 0.6 is 0 Å². The molecule has 0 heterocycles. The van der Waals surface area contributed by atoms with Crippen molar-refractivity contribution in [1.29, 1.82) is 10.5 Å². The van der Waals surface area contributed by atoms with Crippen LogP contribution in [0.3, 0.4) is 0 Å². The molecule has 0 amide bonds. The van der Waals surface area contributed by atoms with Crippen LogP contribution in [0.15, 0.2) is 48.5 Å². The molecule has 0 radical (unpaired) electrons. The van der Waals surface area contributed by atoms with Crippen molar-refractivity contribution in [3.63, 3.8) is 0 Å². The van der Waals surface area contributed by atoms with Crippen LogP contribution in [0.5, 0.6) is 11.5 Å². The van der Waals surface area contributed by atoms with E-state index >= 15 is 0 Å². The van der Waals surface area contributed by atoms with Gasteiger partial charge in [-0.05, 0) is 59.7 Å². The van der Waals surface area contributed by atoms with E-state index in [0.717, 1.165) is 0 Å². The second-order valence-corrected chi connectivity index (χ2v) is 4.78. The molecular weight excluding hydrogens is 304 g/mol. The standard InChI is InChI=1S/C19H16N2O3/c1-22-13-24-17-9-5-15(6-10-17)19(12-21)18(11-20)14-3-7-16(23-2)8-4-14/h3-10H,13H2,1-2H3. The van der Waals surface area contributed by atoms with Gasteiger partial charge in [0, 0.05) is 7.11 Å². The summed E-state index contributed by atoms with van der Waals surface area (Å²) in [6.07, 6.45) is 0. The van der Waals surface area contributed by atoms with Gasteiger partial charge in [-0.25, -0.2) is 0 Å². The van der Waals surface area contributed by atoms with Gasteiger partial charge in [-0.15, -0.1) is 0 Å². The van der Waals surface area contributed by atoms with Gasteiger partial charge in [0.15, 0.2) is 6.79 Å². The van der Waals surface area contributed by atoms with E-state index in [1.54, 1.807) is 62.8 Å². The lowest BCUT2D eigenvalue weighted by molar-refractivity contribution is 0.0511. The molecule has 2 rings (SSSR count). The Morgan fingerprint density at radius 3 is 1.62 bits per heavy atom. The molecule has 120 valence electrons. The van der Waals surface area contributed by atoms with Gasteiger partial charge >= 0.3 is 0 Å². The van der Waals surface area contributed by atoms with Gasteiger partial charge < -0.3 is 14.2 Å². The Kier molecular flexibility index (Phi) is 5.96. The van der Waals surface area contributed by atoms with E-state index in [1.807, 2.05) is 0 Å². The zero-order chi connectivity index (χ0) is 17.4. The van der Waals surface area contributed by atoms with E-state index in [0.29, 0.717) is 33.8 Å². The summed E-state index contributed by atoms with van der Waals surface area (Å²) in [6, 6.07) is 18.2. The van der Waals surface area contributed by atoms with Crippen LogP contribution in [-0.4, -0.2) is 21.0 Å². The zero-order valence-electron chi connectivity index (χ0n) is 13.4. The lowest BCUT2D eigenvalue weighted by Gasteiger charge is -2.08. The van der Waals surface area contributed by atoms with E-state index in [4.69, 9.17) is 14.2 Å². The first-order chi connectivity index (χ1) is 11.7. The maximum absolute atomic E-state index is 9.52. The second-order valence-electron chi connectivity index (χ2n) is 4.78. The van der Waals surface area contributed by atoms with Crippen molar-refractivity contribution >= 4 is 11.1 Å². The van der Waals surface area contributed by atoms with Gasteiger partial charge in [0.2, 0.25) is 0 Å². The molecule has 0 saturated heterocycles. The number of nitrogens with zero attached hydrogens (tertiary/aromatic N) is 2. The number of nitriles is 2. The summed E-state index contributed by atoms with van der Waals surface area (Å²) in [4.78, 5) is 0. The second kappa shape index (κ2) is 8.38. The van der Waals surface area contributed by atoms with Crippen LogP contribution in [0.25, 0.3) is 11.1 Å². The summed E-state index contributed by atoms with van der Waals surface area (Å²) in [7, 11) is 3.11. The van der Waals surface area contributed by atoms with Gasteiger partial charge in [-0.2, -0.15) is 10.5 Å². The third kappa shape index (κ3) is 3.92. The molecule has 0 N–H and O–H groups in total. The molecule has 5 heteroatoms. The van der Waals surface area contributed by atoms with Crippen molar-refractivity contribution in [3.8, 4) is 23.6 Å². The van der Waals surface area contributed by atoms with Crippen LogP contribution in [0.4, 0.5) is 0 Å². The highest BCUT2D eigenvalue weighted by molar-refractivity contribution is 6.02. The molecule has 0 fully saturated rings. The van der Waals surface area contributed by atoms with Gasteiger partial charge in [0.05, 0.1) is 18.3 Å². The number of methoxy groups -OCH3 is 2. The fourth-order valence-electron chi connectivity index (χ4n) is 2.13. The molecule has 0 unspecified atom stereocenters. The summed E-state index contributed by atoms with van der Waals surface area (Å²) in [5, 5.41) is 19.0. The molecule has 0 aromatic heterocycles. The van der Waals surface area contributed by atoms with E-state index in [2.05, 4.69) is 12.1 Å². The molecule has 0 atom stereocenters. The van der Waals surface area contributed by atoms with E-state index in [9.17, 15) is 10.5 Å². The predicted octanol–water partition coefficient (Wildman–Crippen LogP) is 3.64. The van der Waals surface area contributed by atoms with Crippen molar-refractivity contribution in [3.05, 3.63) is 59.7 Å². The van der Waals surface area contributed by atoms with Gasteiger partial charge in [0.25, 0.3) is 0 Å². The lowest BCUT2D eigenvalue weighted by Crippen LogP contribution is -1.98. The molecule has 5 nitrogen and oxygen atoms in total. The van der Waals surface area contributed by atoms with Gasteiger partial charge in [-0.1, -0.05) is 0 Å². The van der Waals surface area contributed by atoms with Gasteiger partial charge in [-0.3, -0.25) is 0 Å². The number of rotatable bonds is 6. The minimum atomic E-state index is 0.148. The van der Waals surface area contributed by atoms with Crippen LogP contribution in [0.1, 0.15) is 11.1 Å². The van der Waals surface area contributed by atoms with E-state index < -0.39 is 0 Å². The average molecular weight is 320 g/mol. The molecule has 0 aliphatic rings. The van der Waals surface area contributed by atoms with Crippen molar-refractivity contribution in [2.75, 3.05) is 21.0 Å². The Balaban J connectivity index is 2.40. The SMILES string of the molecule is COCOc1ccc(C(C#N)=C(C#N)c2ccc(OC)cc2)cc1. The van der Waals surface area contributed by atoms with Gasteiger partial charge in [0.1, 0.15) is 23.6 Å². The maximum atomic E-state index is 9.52. The largest absolute Gasteiger partial charge is 0.497 e. The van der Waals surface area contributed by atoms with E-state index in [-0.39, 0.29) is 6.79 Å². The first-order valence-corrected chi connectivity index (χ1v) is 7.14. The summed E-state index contributed by atoms with van der Waals surface area (Å²) in [5.74, 6) is 1.31. The highest BCUT2D eigenvalue weighted by atomic mass is 16.7. The minimum absolute atomic E-state index is 0.148. The highest BCUT2D eigenvalue weighted by Crippen LogP contribution is 2.28. The molecule has 0 aliphatic carbocycles. The fraction of sp³-hybridized carbons (Fsp3) is 0.158. The molecule has 0 saturated carbocycles. The molecule has 0 spiro atoms. The van der Waals surface area contributed by atoms with Crippen molar-refractivity contribution in [2.24, 2.45) is 0 Å². The van der Waals surface area contributed by atoms with Crippen molar-refractivity contribution < 1.29 is 14.2 Å². The summed E-state index contributed by atoms with van der Waals surface area (Å²) >= 11 is 0. The van der Waals surface area contributed by atoms with E-state index in [1.165, 1.54) is 0 Å². The molecular formula is C19H16N2O3. The Bertz CT molecular complexity index is 794. The van der Waals surface area contributed by atoms with Crippen molar-refractivity contribution in [2.45, 2.75) is 0 Å². The minimum Gasteiger partial charge on any atom is -0.497 e. The number of allylic oxidation sites excluding steroid dienone is 2. The zero-order valence-corrected chi connectivity index (χ0v) is 13.4. The fourth-order valence-corrected chi connectivity index (χ4v) is 2.13. The predicted molar refractivity (Wildman–Crippen MR) is 90.0 cm³/mol. The molecule has 2 aromatic carbocycles. The first-order valence-electron chi connectivity index (χ1n) is 7.14. The van der Waals surface area contributed by atoms with Crippen LogP contribution in [0, 0.1) is 22.7 Å². The molecule has 0 aliphatic heterocycles. The Morgan fingerprint density at radius 2 is 1.25 bits per heavy atom. The number of hydrogen-bond donors (Lipinski definition) is 0. The molecule has 2 aromatic rings. The van der Waals surface area contributed by atoms with Crippen molar-refractivity contribution in [1.82, 2.24) is 0 Å². The molecule has 0 bridgehead atoms. The number of ether oxygens (including phenoxy) is 3. The quantitative estimate of drug-likeness (QED) is 0.461. The molecule has 24 heavy (non-hydrogen) atoms. The summed E-state index contributed by atoms with van der Waals surface area (Å²) in [6.45, 7) is 0.148. The smallest absolute Gasteiger partial charge is 0.188 e.